The second kappa shape index (κ2) is 9.80. The Morgan fingerprint density at radius 3 is 2.86 bits per heavy atom. The lowest BCUT2D eigenvalue weighted by molar-refractivity contribution is 0.229. The van der Waals surface area contributed by atoms with E-state index in [1.807, 2.05) is 24.0 Å². The van der Waals surface area contributed by atoms with Gasteiger partial charge < -0.3 is 15.1 Å². The van der Waals surface area contributed by atoms with Crippen molar-refractivity contribution in [2.75, 3.05) is 18.8 Å². The fourth-order valence-electron chi connectivity index (χ4n) is 3.97. The molecule has 0 spiro atoms. The van der Waals surface area contributed by atoms with Gasteiger partial charge in [-0.15, -0.1) is 23.2 Å². The molecule has 0 aromatic carbocycles. The van der Waals surface area contributed by atoms with Gasteiger partial charge >= 0.3 is 0 Å². The molecule has 0 amide bonds. The van der Waals surface area contributed by atoms with Crippen molar-refractivity contribution in [3.8, 4) is 0 Å². The van der Waals surface area contributed by atoms with E-state index >= 15 is 0 Å². The Hall–Kier alpha value is -2.51. The number of rotatable bonds is 7. The summed E-state index contributed by atoms with van der Waals surface area (Å²) in [6, 6.07) is 0.297. The van der Waals surface area contributed by atoms with Crippen LogP contribution in [0.4, 0.5) is 0 Å². The van der Waals surface area contributed by atoms with Crippen molar-refractivity contribution in [3.63, 3.8) is 0 Å². The number of hydrogen-bond donors (Lipinski definition) is 1. The van der Waals surface area contributed by atoms with E-state index in [1.165, 1.54) is 28.1 Å². The van der Waals surface area contributed by atoms with E-state index in [0.717, 1.165) is 25.3 Å². The predicted octanol–water partition coefficient (Wildman–Crippen LogP) is 5.24. The third-order valence-corrected chi connectivity index (χ3v) is 6.69. The first-order valence-corrected chi connectivity index (χ1v) is 11.2. The minimum atomic E-state index is 0.297. The Morgan fingerprint density at radius 2 is 2.17 bits per heavy atom. The van der Waals surface area contributed by atoms with E-state index in [-0.39, 0.29) is 0 Å². The molecule has 4 heteroatoms. The minimum absolute atomic E-state index is 0.297. The molecule has 0 aromatic rings. The first kappa shape index (κ1) is 21.2. The van der Waals surface area contributed by atoms with Gasteiger partial charge in [0, 0.05) is 43.0 Å². The molecule has 0 aromatic heterocycles. The van der Waals surface area contributed by atoms with E-state index in [0.29, 0.717) is 11.4 Å². The van der Waals surface area contributed by atoms with Crippen LogP contribution in [0.15, 0.2) is 95.5 Å². The average Bonchev–Trinajstić information content (AvgIpc) is 2.71. The minimum Gasteiger partial charge on any atom is -0.374 e. The fraction of sp³-hybridized carbons (Fsp3) is 0.360. The Morgan fingerprint density at radius 1 is 1.34 bits per heavy atom. The highest BCUT2D eigenvalue weighted by Crippen LogP contribution is 2.46. The van der Waals surface area contributed by atoms with Gasteiger partial charge in [0.25, 0.3) is 0 Å². The second-order valence-corrected chi connectivity index (χ2v) is 8.44. The van der Waals surface area contributed by atoms with Crippen LogP contribution >= 0.6 is 11.8 Å². The van der Waals surface area contributed by atoms with E-state index in [9.17, 15) is 0 Å². The first-order chi connectivity index (χ1) is 14.1. The van der Waals surface area contributed by atoms with Gasteiger partial charge in [-0.3, -0.25) is 0 Å². The van der Waals surface area contributed by atoms with Crippen molar-refractivity contribution in [1.82, 2.24) is 15.1 Å². The van der Waals surface area contributed by atoms with Gasteiger partial charge in [0.05, 0.1) is 11.7 Å². The van der Waals surface area contributed by atoms with Gasteiger partial charge in [0.1, 0.15) is 5.37 Å². The third kappa shape index (κ3) is 4.41. The topological polar surface area (TPSA) is 18.5 Å². The van der Waals surface area contributed by atoms with E-state index < -0.39 is 0 Å². The van der Waals surface area contributed by atoms with Crippen molar-refractivity contribution in [2.24, 2.45) is 0 Å². The number of fused-ring (bicyclic) bond motifs is 1. The summed E-state index contributed by atoms with van der Waals surface area (Å²) in [5, 5.41) is 3.82. The summed E-state index contributed by atoms with van der Waals surface area (Å²) < 4.78 is 0. The van der Waals surface area contributed by atoms with Crippen LogP contribution in [-0.4, -0.2) is 40.1 Å². The Balaban J connectivity index is 1.89. The van der Waals surface area contributed by atoms with Crippen molar-refractivity contribution in [1.29, 1.82) is 0 Å². The van der Waals surface area contributed by atoms with E-state index in [2.05, 4.69) is 91.0 Å². The van der Waals surface area contributed by atoms with Crippen LogP contribution in [0.3, 0.4) is 0 Å². The number of thioether (sulfide) groups is 1. The van der Waals surface area contributed by atoms with Crippen molar-refractivity contribution in [3.05, 3.63) is 95.5 Å². The SMILES string of the molecule is C=C=CNC1/C(=C\CC)N2C(C=C=C)=C(CN3C=C(/C=C\C)C(C)=CC3)CSC12. The van der Waals surface area contributed by atoms with Crippen LogP contribution in [0.1, 0.15) is 27.2 Å². The summed E-state index contributed by atoms with van der Waals surface area (Å²) in [4.78, 5) is 4.84. The van der Waals surface area contributed by atoms with Crippen LogP contribution in [0.25, 0.3) is 0 Å². The number of allylic oxidation sites excluding steroid dienone is 6. The number of hydrogen-bond acceptors (Lipinski definition) is 4. The molecule has 2 atom stereocenters. The zero-order valence-electron chi connectivity index (χ0n) is 17.7. The highest BCUT2D eigenvalue weighted by atomic mass is 32.2. The molecule has 0 radical (unpaired) electrons. The van der Waals surface area contributed by atoms with Crippen LogP contribution in [0.2, 0.25) is 0 Å². The summed E-state index contributed by atoms with van der Waals surface area (Å²) >= 11 is 1.99. The first-order valence-electron chi connectivity index (χ1n) is 10.2. The van der Waals surface area contributed by atoms with Crippen molar-refractivity contribution < 1.29 is 0 Å². The molecule has 3 nitrogen and oxygen atoms in total. The molecule has 1 N–H and O–H groups in total. The highest BCUT2D eigenvalue weighted by Gasteiger charge is 2.47. The molecule has 0 bridgehead atoms. The zero-order chi connectivity index (χ0) is 20.8. The van der Waals surface area contributed by atoms with Crippen LogP contribution in [-0.2, 0) is 0 Å². The summed E-state index contributed by atoms with van der Waals surface area (Å²) in [6.07, 6.45) is 16.1. The summed E-state index contributed by atoms with van der Waals surface area (Å²) in [7, 11) is 0. The quantitative estimate of drug-likeness (QED) is 0.583. The molecule has 0 aliphatic carbocycles. The lowest BCUT2D eigenvalue weighted by Gasteiger charge is -2.54. The smallest absolute Gasteiger partial charge is 0.106 e. The van der Waals surface area contributed by atoms with E-state index in [1.54, 1.807) is 0 Å². The normalized spacial score (nSPS) is 25.0. The Bertz CT molecular complexity index is 889. The number of nitrogens with one attached hydrogen (secondary N) is 1. The predicted molar refractivity (Wildman–Crippen MR) is 126 cm³/mol. The molecule has 2 unspecified atom stereocenters. The van der Waals surface area contributed by atoms with Crippen LogP contribution in [0, 0.1) is 0 Å². The number of nitrogens with zero attached hydrogens (tertiary/aromatic N) is 2. The monoisotopic (exact) mass is 405 g/mol. The summed E-state index contributed by atoms with van der Waals surface area (Å²) in [6.45, 7) is 15.8. The van der Waals surface area contributed by atoms with Gasteiger partial charge in [0.15, 0.2) is 0 Å². The van der Waals surface area contributed by atoms with Gasteiger partial charge in [-0.1, -0.05) is 44.4 Å². The second-order valence-electron chi connectivity index (χ2n) is 7.34. The standard InChI is InChI=1S/C25H31N3S/c1-6-10-20-16-27(15-13-19(20)5)17-21-18-29-25-24(26-14-9-4)23(12-8-3)28(25)22(21)11-7-2/h6,10-14,16,24-26H,2,4,8,15,17-18H2,1,3,5H3/b10-6-,23-12+. The molecule has 29 heavy (non-hydrogen) atoms. The lowest BCUT2D eigenvalue weighted by atomic mass is 9.97. The lowest BCUT2D eigenvalue weighted by Crippen LogP contribution is -2.62. The molecular weight excluding hydrogens is 374 g/mol. The summed E-state index contributed by atoms with van der Waals surface area (Å²) in [5.41, 5.74) is 12.5. The molecule has 1 fully saturated rings. The molecule has 3 rings (SSSR count). The van der Waals surface area contributed by atoms with Gasteiger partial charge in [-0.2, -0.15) is 0 Å². The van der Waals surface area contributed by atoms with Crippen LogP contribution in [0.5, 0.6) is 0 Å². The van der Waals surface area contributed by atoms with Gasteiger partial charge in [-0.05, 0) is 37.0 Å². The fourth-order valence-corrected chi connectivity index (χ4v) is 5.37. The van der Waals surface area contributed by atoms with Crippen molar-refractivity contribution in [2.45, 2.75) is 38.6 Å². The summed E-state index contributed by atoms with van der Waals surface area (Å²) in [5.74, 6) is 1.01. The van der Waals surface area contributed by atoms with Gasteiger partial charge in [0.2, 0.25) is 0 Å². The maximum atomic E-state index is 3.85. The zero-order valence-corrected chi connectivity index (χ0v) is 18.6. The Kier molecular flexibility index (Phi) is 7.17. The molecular formula is C25H31N3S. The maximum absolute atomic E-state index is 3.85. The van der Waals surface area contributed by atoms with Gasteiger partial charge in [-0.25, -0.2) is 0 Å². The molecule has 3 heterocycles. The largest absolute Gasteiger partial charge is 0.374 e. The van der Waals surface area contributed by atoms with Crippen LogP contribution < -0.4 is 5.32 Å². The Labute approximate surface area is 179 Å². The molecule has 0 saturated carbocycles. The molecule has 152 valence electrons. The molecule has 1 saturated heterocycles. The molecule has 3 aliphatic rings. The highest BCUT2D eigenvalue weighted by molar-refractivity contribution is 8.00. The molecule has 3 aliphatic heterocycles. The van der Waals surface area contributed by atoms with Crippen molar-refractivity contribution >= 4 is 11.8 Å². The van der Waals surface area contributed by atoms with E-state index in [4.69, 9.17) is 0 Å². The third-order valence-electron chi connectivity index (χ3n) is 5.35. The maximum Gasteiger partial charge on any atom is 0.106 e. The average molecular weight is 406 g/mol.